The van der Waals surface area contributed by atoms with Crippen LogP contribution in [0.5, 0.6) is 0 Å². The molecule has 2 fully saturated rings. The van der Waals surface area contributed by atoms with E-state index in [4.69, 9.17) is 16.3 Å². The average Bonchev–Trinajstić information content (AvgIpc) is 3.14. The van der Waals surface area contributed by atoms with Crippen LogP contribution in [0.1, 0.15) is 38.2 Å². The second-order valence-corrected chi connectivity index (χ2v) is 9.01. The fraction of sp³-hybridized carbons (Fsp3) is 0.696. The van der Waals surface area contributed by atoms with Crippen LogP contribution < -0.4 is 10.6 Å². The van der Waals surface area contributed by atoms with E-state index in [1.54, 1.807) is 7.11 Å². The fourth-order valence-corrected chi connectivity index (χ4v) is 4.79. The zero-order valence-electron chi connectivity index (χ0n) is 18.4. The number of amides is 1. The average molecular weight is 437 g/mol. The van der Waals surface area contributed by atoms with Gasteiger partial charge >= 0.3 is 0 Å². The van der Waals surface area contributed by atoms with Crippen molar-refractivity contribution in [1.82, 2.24) is 20.4 Å². The van der Waals surface area contributed by atoms with Crippen LogP contribution in [-0.2, 0) is 16.1 Å². The smallest absolute Gasteiger partial charge is 0.237 e. The number of hydrogen-bond donors (Lipinski definition) is 2. The summed E-state index contributed by atoms with van der Waals surface area (Å²) in [7, 11) is 1.65. The van der Waals surface area contributed by atoms with Crippen LogP contribution in [0.25, 0.3) is 0 Å². The van der Waals surface area contributed by atoms with Crippen LogP contribution >= 0.6 is 11.6 Å². The van der Waals surface area contributed by atoms with Gasteiger partial charge in [-0.2, -0.15) is 0 Å². The first-order valence-electron chi connectivity index (χ1n) is 11.3. The molecule has 30 heavy (non-hydrogen) atoms. The lowest BCUT2D eigenvalue weighted by Gasteiger charge is -2.33. The van der Waals surface area contributed by atoms with Gasteiger partial charge in [0.2, 0.25) is 5.91 Å². The normalized spacial score (nSPS) is 23.7. The highest BCUT2D eigenvalue weighted by Gasteiger charge is 2.37. The van der Waals surface area contributed by atoms with Gasteiger partial charge in [0.05, 0.1) is 12.6 Å². The van der Waals surface area contributed by atoms with Crippen molar-refractivity contribution in [1.29, 1.82) is 0 Å². The van der Waals surface area contributed by atoms with E-state index in [0.717, 1.165) is 24.5 Å². The number of likely N-dealkylation sites (tertiary alicyclic amines) is 2. The first-order valence-corrected chi connectivity index (χ1v) is 11.7. The van der Waals surface area contributed by atoms with Gasteiger partial charge < -0.3 is 20.3 Å². The molecular weight excluding hydrogens is 400 g/mol. The molecule has 1 amide bonds. The van der Waals surface area contributed by atoms with Crippen LogP contribution in [0.15, 0.2) is 24.3 Å². The maximum Gasteiger partial charge on any atom is 0.237 e. The minimum atomic E-state index is -0.116. The second-order valence-electron chi connectivity index (χ2n) is 8.57. The molecule has 0 unspecified atom stereocenters. The third kappa shape index (κ3) is 6.92. The zero-order chi connectivity index (χ0) is 21.3. The van der Waals surface area contributed by atoms with Crippen LogP contribution in [0.4, 0.5) is 0 Å². The number of rotatable bonds is 10. The van der Waals surface area contributed by atoms with Crippen LogP contribution in [0.2, 0.25) is 5.02 Å². The number of benzene rings is 1. The summed E-state index contributed by atoms with van der Waals surface area (Å²) in [6.07, 6.45) is 4.46. The van der Waals surface area contributed by atoms with Crippen LogP contribution in [0.3, 0.4) is 0 Å². The number of carbonyl (C=O) groups is 1. The van der Waals surface area contributed by atoms with Gasteiger partial charge in [0, 0.05) is 43.9 Å². The standard InChI is InChI=1S/C23H37ClN4O2/c1-3-11-27-12-8-20(9-13-27)26-21-15-22(23(29)25-10-14-30-2)28(17-21)16-18-4-6-19(24)7-5-18/h4-7,20-22,26H,3,8-17H2,1-2H3,(H,25,29)/t21-,22-/m0/s1. The molecule has 2 saturated heterocycles. The van der Waals surface area contributed by atoms with E-state index in [1.807, 2.05) is 24.3 Å². The number of halogens is 1. The Bertz CT molecular complexity index is 649. The summed E-state index contributed by atoms with van der Waals surface area (Å²) in [5.41, 5.74) is 1.18. The molecule has 2 aliphatic heterocycles. The summed E-state index contributed by atoms with van der Waals surface area (Å²) in [6.45, 7) is 8.53. The van der Waals surface area contributed by atoms with Gasteiger partial charge in [-0.1, -0.05) is 30.7 Å². The summed E-state index contributed by atoms with van der Waals surface area (Å²) >= 11 is 6.04. The molecule has 2 atom stereocenters. The van der Waals surface area contributed by atoms with Crippen LogP contribution in [-0.4, -0.2) is 80.3 Å². The Morgan fingerprint density at radius 3 is 2.60 bits per heavy atom. The van der Waals surface area contributed by atoms with Gasteiger partial charge in [-0.25, -0.2) is 0 Å². The Labute approximate surface area is 186 Å². The lowest BCUT2D eigenvalue weighted by molar-refractivity contribution is -0.125. The number of ether oxygens (including phenoxy) is 1. The molecule has 0 spiro atoms. The molecule has 168 valence electrons. The molecular formula is C23H37ClN4O2. The molecule has 0 aromatic heterocycles. The molecule has 6 nitrogen and oxygen atoms in total. The van der Waals surface area contributed by atoms with E-state index in [2.05, 4.69) is 27.4 Å². The molecule has 2 aliphatic rings. The highest BCUT2D eigenvalue weighted by Crippen LogP contribution is 2.23. The maximum atomic E-state index is 12.9. The predicted molar refractivity (Wildman–Crippen MR) is 122 cm³/mol. The summed E-state index contributed by atoms with van der Waals surface area (Å²) in [5.74, 6) is 0.100. The lowest BCUT2D eigenvalue weighted by Crippen LogP contribution is -2.47. The number of piperidine rings is 1. The molecule has 0 saturated carbocycles. The topological polar surface area (TPSA) is 56.8 Å². The minimum Gasteiger partial charge on any atom is -0.383 e. The van der Waals surface area contributed by atoms with Crippen LogP contribution in [0, 0.1) is 0 Å². The van der Waals surface area contributed by atoms with E-state index in [0.29, 0.717) is 25.2 Å². The molecule has 0 aliphatic carbocycles. The Balaban J connectivity index is 1.57. The molecule has 1 aromatic rings. The highest BCUT2D eigenvalue weighted by molar-refractivity contribution is 6.30. The first kappa shape index (κ1) is 23.5. The molecule has 2 N–H and O–H groups in total. The van der Waals surface area contributed by atoms with Crippen molar-refractivity contribution in [2.24, 2.45) is 0 Å². The molecule has 0 radical (unpaired) electrons. The Morgan fingerprint density at radius 1 is 1.20 bits per heavy atom. The second kappa shape index (κ2) is 12.0. The molecule has 2 heterocycles. The van der Waals surface area contributed by atoms with E-state index in [1.165, 1.54) is 44.5 Å². The lowest BCUT2D eigenvalue weighted by atomic mass is 10.0. The summed E-state index contributed by atoms with van der Waals surface area (Å²) in [5, 5.41) is 7.64. The van der Waals surface area contributed by atoms with Crippen molar-refractivity contribution in [3.63, 3.8) is 0 Å². The van der Waals surface area contributed by atoms with Crippen molar-refractivity contribution in [2.45, 2.75) is 57.3 Å². The summed E-state index contributed by atoms with van der Waals surface area (Å²) < 4.78 is 5.08. The van der Waals surface area contributed by atoms with E-state index < -0.39 is 0 Å². The summed E-state index contributed by atoms with van der Waals surface area (Å²) in [4.78, 5) is 17.7. The number of carbonyl (C=O) groups excluding carboxylic acids is 1. The summed E-state index contributed by atoms with van der Waals surface area (Å²) in [6, 6.07) is 8.71. The largest absolute Gasteiger partial charge is 0.383 e. The third-order valence-corrected chi connectivity index (χ3v) is 6.46. The van der Waals surface area contributed by atoms with E-state index in [-0.39, 0.29) is 11.9 Å². The molecule has 3 rings (SSSR count). The SMILES string of the molecule is CCCN1CCC(N[C@H]2C[C@@H](C(=O)NCCOC)N(Cc3ccc(Cl)cc3)C2)CC1. The molecule has 1 aromatic carbocycles. The highest BCUT2D eigenvalue weighted by atomic mass is 35.5. The van der Waals surface area contributed by atoms with E-state index in [9.17, 15) is 4.79 Å². The Morgan fingerprint density at radius 2 is 1.93 bits per heavy atom. The minimum absolute atomic E-state index is 0.100. The number of methoxy groups -OCH3 is 1. The Hall–Kier alpha value is -1.18. The Kier molecular flexibility index (Phi) is 9.40. The zero-order valence-corrected chi connectivity index (χ0v) is 19.2. The van der Waals surface area contributed by atoms with Crippen molar-refractivity contribution in [2.75, 3.05) is 46.4 Å². The van der Waals surface area contributed by atoms with Crippen molar-refractivity contribution in [3.05, 3.63) is 34.9 Å². The predicted octanol–water partition coefficient (Wildman–Crippen LogP) is 2.51. The van der Waals surface area contributed by atoms with Gasteiger partial charge in [-0.15, -0.1) is 0 Å². The number of nitrogens with one attached hydrogen (secondary N) is 2. The fourth-order valence-electron chi connectivity index (χ4n) is 4.66. The van der Waals surface area contributed by atoms with Gasteiger partial charge in [0.25, 0.3) is 0 Å². The van der Waals surface area contributed by atoms with E-state index >= 15 is 0 Å². The number of hydrogen-bond acceptors (Lipinski definition) is 5. The van der Waals surface area contributed by atoms with Gasteiger partial charge in [0.15, 0.2) is 0 Å². The van der Waals surface area contributed by atoms with Gasteiger partial charge in [-0.05, 0) is 63.0 Å². The van der Waals surface area contributed by atoms with Gasteiger partial charge in [0.1, 0.15) is 0 Å². The first-order chi connectivity index (χ1) is 14.6. The van der Waals surface area contributed by atoms with Gasteiger partial charge in [-0.3, -0.25) is 9.69 Å². The quantitative estimate of drug-likeness (QED) is 0.552. The third-order valence-electron chi connectivity index (χ3n) is 6.21. The van der Waals surface area contributed by atoms with Crippen molar-refractivity contribution >= 4 is 17.5 Å². The van der Waals surface area contributed by atoms with Crippen molar-refractivity contribution in [3.8, 4) is 0 Å². The maximum absolute atomic E-state index is 12.9. The monoisotopic (exact) mass is 436 g/mol. The number of nitrogens with zero attached hydrogens (tertiary/aromatic N) is 2. The molecule has 7 heteroatoms. The van der Waals surface area contributed by atoms with Crippen molar-refractivity contribution < 1.29 is 9.53 Å². The molecule has 0 bridgehead atoms.